The summed E-state index contributed by atoms with van der Waals surface area (Å²) in [5.41, 5.74) is 10.8. The van der Waals surface area contributed by atoms with Crippen LogP contribution in [-0.2, 0) is 9.47 Å². The summed E-state index contributed by atoms with van der Waals surface area (Å²) in [6.45, 7) is 4.71. The van der Waals surface area contributed by atoms with Gasteiger partial charge >= 0.3 is 0 Å². The van der Waals surface area contributed by atoms with Gasteiger partial charge in [0.25, 0.3) is 0 Å². The molecule has 0 spiro atoms. The minimum absolute atomic E-state index is 0.640. The summed E-state index contributed by atoms with van der Waals surface area (Å²) in [6.07, 6.45) is 15.7. The third-order valence-corrected chi connectivity index (χ3v) is 3.83. The van der Waals surface area contributed by atoms with Crippen molar-refractivity contribution in [1.82, 2.24) is 0 Å². The predicted molar refractivity (Wildman–Crippen MR) is 95.2 cm³/mol. The van der Waals surface area contributed by atoms with Gasteiger partial charge in [-0.05, 0) is 25.8 Å². The number of hydrogen-bond acceptors (Lipinski definition) is 4. The summed E-state index contributed by atoms with van der Waals surface area (Å²) in [5.74, 6) is 0. The zero-order valence-electron chi connectivity index (χ0n) is 14.7. The highest BCUT2D eigenvalue weighted by atomic mass is 16.5. The average molecular weight is 317 g/mol. The van der Waals surface area contributed by atoms with Gasteiger partial charge < -0.3 is 20.9 Å². The maximum Gasteiger partial charge on any atom is 0.0588 e. The molecule has 0 unspecified atom stereocenters. The molecular formula is C18H40N2O2. The minimum Gasteiger partial charge on any atom is -0.381 e. The molecule has 0 aromatic rings. The van der Waals surface area contributed by atoms with Crippen LogP contribution < -0.4 is 11.5 Å². The number of rotatable bonds is 19. The van der Waals surface area contributed by atoms with Gasteiger partial charge in [0.1, 0.15) is 0 Å². The van der Waals surface area contributed by atoms with Crippen LogP contribution in [0.3, 0.4) is 0 Å². The lowest BCUT2D eigenvalue weighted by atomic mass is 10.1. The summed E-state index contributed by atoms with van der Waals surface area (Å²) >= 11 is 0. The Morgan fingerprint density at radius 1 is 0.364 bits per heavy atom. The fourth-order valence-corrected chi connectivity index (χ4v) is 2.47. The van der Waals surface area contributed by atoms with E-state index in [-0.39, 0.29) is 0 Å². The zero-order chi connectivity index (χ0) is 16.1. The standard InChI is InChI=1S/C18H40N2O2/c19-13-12-17-21-15-10-8-6-4-2-1-3-5-7-9-11-16-22-18-14-20/h1-20H2. The Balaban J connectivity index is 2.91. The van der Waals surface area contributed by atoms with Gasteiger partial charge in [-0.25, -0.2) is 0 Å². The summed E-state index contributed by atoms with van der Waals surface area (Å²) in [7, 11) is 0. The van der Waals surface area contributed by atoms with Crippen molar-refractivity contribution in [1.29, 1.82) is 0 Å². The van der Waals surface area contributed by atoms with Gasteiger partial charge in [0.05, 0.1) is 6.61 Å². The van der Waals surface area contributed by atoms with Crippen LogP contribution in [0, 0.1) is 0 Å². The topological polar surface area (TPSA) is 70.5 Å². The highest BCUT2D eigenvalue weighted by molar-refractivity contribution is 4.49. The zero-order valence-corrected chi connectivity index (χ0v) is 14.7. The molecule has 4 N–H and O–H groups in total. The Labute approximate surface area is 138 Å². The van der Waals surface area contributed by atoms with Crippen LogP contribution in [0.4, 0.5) is 0 Å². The van der Waals surface area contributed by atoms with Gasteiger partial charge in [0, 0.05) is 26.4 Å². The molecule has 0 amide bonds. The molecule has 4 nitrogen and oxygen atoms in total. The van der Waals surface area contributed by atoms with Crippen molar-refractivity contribution >= 4 is 0 Å². The van der Waals surface area contributed by atoms with E-state index in [0.29, 0.717) is 13.2 Å². The Morgan fingerprint density at radius 2 is 0.727 bits per heavy atom. The Hall–Kier alpha value is -0.160. The van der Waals surface area contributed by atoms with E-state index >= 15 is 0 Å². The number of hydrogen-bond donors (Lipinski definition) is 2. The van der Waals surface area contributed by atoms with E-state index in [1.54, 1.807) is 0 Å². The molecule has 0 aliphatic heterocycles. The van der Waals surface area contributed by atoms with Gasteiger partial charge in [0.2, 0.25) is 0 Å². The Bertz CT molecular complexity index is 172. The molecule has 0 atom stereocenters. The van der Waals surface area contributed by atoms with E-state index in [1.807, 2.05) is 0 Å². The Kier molecular flexibility index (Phi) is 20.7. The van der Waals surface area contributed by atoms with Crippen LogP contribution in [0.5, 0.6) is 0 Å². The molecule has 0 fully saturated rings. The molecule has 0 saturated heterocycles. The first-order valence-corrected chi connectivity index (χ1v) is 9.47. The van der Waals surface area contributed by atoms with Crippen LogP contribution in [-0.4, -0.2) is 39.5 Å². The van der Waals surface area contributed by atoms with E-state index in [0.717, 1.165) is 32.8 Å². The fourth-order valence-electron chi connectivity index (χ4n) is 2.47. The molecule has 0 radical (unpaired) electrons. The van der Waals surface area contributed by atoms with Gasteiger partial charge in [-0.1, -0.05) is 57.8 Å². The lowest BCUT2D eigenvalue weighted by Crippen LogP contribution is -2.08. The minimum atomic E-state index is 0.640. The molecular weight excluding hydrogens is 276 g/mol. The van der Waals surface area contributed by atoms with E-state index < -0.39 is 0 Å². The van der Waals surface area contributed by atoms with E-state index in [9.17, 15) is 0 Å². The molecule has 0 heterocycles. The second-order valence-corrected chi connectivity index (χ2v) is 6.04. The van der Waals surface area contributed by atoms with Crippen molar-refractivity contribution in [3.05, 3.63) is 0 Å². The SMILES string of the molecule is NCCCOCCCCCCCCCCCCCOCCN. The molecule has 134 valence electrons. The lowest BCUT2D eigenvalue weighted by molar-refractivity contribution is 0.129. The molecule has 0 saturated carbocycles. The first-order valence-electron chi connectivity index (χ1n) is 9.47. The maximum absolute atomic E-state index is 5.49. The molecule has 0 bridgehead atoms. The maximum atomic E-state index is 5.49. The van der Waals surface area contributed by atoms with Crippen molar-refractivity contribution in [2.24, 2.45) is 11.5 Å². The second kappa shape index (κ2) is 20.8. The molecule has 22 heavy (non-hydrogen) atoms. The first kappa shape index (κ1) is 21.8. The van der Waals surface area contributed by atoms with Crippen LogP contribution >= 0.6 is 0 Å². The van der Waals surface area contributed by atoms with Crippen LogP contribution in [0.25, 0.3) is 0 Å². The predicted octanol–water partition coefficient (Wildman–Crippen LogP) is 3.62. The van der Waals surface area contributed by atoms with Gasteiger partial charge in [-0.2, -0.15) is 0 Å². The van der Waals surface area contributed by atoms with Crippen molar-refractivity contribution in [3.8, 4) is 0 Å². The number of nitrogens with two attached hydrogens (primary N) is 2. The third-order valence-electron chi connectivity index (χ3n) is 3.83. The molecule has 4 heteroatoms. The lowest BCUT2D eigenvalue weighted by Gasteiger charge is -2.04. The van der Waals surface area contributed by atoms with Gasteiger partial charge in [0.15, 0.2) is 0 Å². The van der Waals surface area contributed by atoms with Crippen molar-refractivity contribution < 1.29 is 9.47 Å². The van der Waals surface area contributed by atoms with Crippen molar-refractivity contribution in [2.75, 3.05) is 39.5 Å². The molecule has 0 aromatic heterocycles. The average Bonchev–Trinajstić information content (AvgIpc) is 2.54. The van der Waals surface area contributed by atoms with Gasteiger partial charge in [-0.15, -0.1) is 0 Å². The highest BCUT2D eigenvalue weighted by Gasteiger charge is 1.94. The molecule has 0 aliphatic rings. The van der Waals surface area contributed by atoms with Gasteiger partial charge in [-0.3, -0.25) is 0 Å². The van der Waals surface area contributed by atoms with E-state index in [2.05, 4.69) is 0 Å². The van der Waals surface area contributed by atoms with Crippen molar-refractivity contribution in [3.63, 3.8) is 0 Å². The fraction of sp³-hybridized carbons (Fsp3) is 1.00. The van der Waals surface area contributed by atoms with Crippen LogP contribution in [0.1, 0.15) is 77.0 Å². The monoisotopic (exact) mass is 316 g/mol. The largest absolute Gasteiger partial charge is 0.381 e. The summed E-state index contributed by atoms with van der Waals surface area (Å²) in [6, 6.07) is 0. The second-order valence-electron chi connectivity index (χ2n) is 6.04. The van der Waals surface area contributed by atoms with E-state index in [4.69, 9.17) is 20.9 Å². The summed E-state index contributed by atoms with van der Waals surface area (Å²) < 4.78 is 10.9. The summed E-state index contributed by atoms with van der Waals surface area (Å²) in [4.78, 5) is 0. The molecule has 0 rings (SSSR count). The molecule has 0 aliphatic carbocycles. The van der Waals surface area contributed by atoms with Crippen LogP contribution in [0.2, 0.25) is 0 Å². The highest BCUT2D eigenvalue weighted by Crippen LogP contribution is 2.11. The van der Waals surface area contributed by atoms with Crippen LogP contribution in [0.15, 0.2) is 0 Å². The normalized spacial score (nSPS) is 11.2. The third kappa shape index (κ3) is 19.8. The number of ether oxygens (including phenoxy) is 2. The summed E-state index contributed by atoms with van der Waals surface area (Å²) in [5, 5.41) is 0. The quantitative estimate of drug-likeness (QED) is 0.357. The molecule has 0 aromatic carbocycles. The van der Waals surface area contributed by atoms with Crippen molar-refractivity contribution in [2.45, 2.75) is 77.0 Å². The first-order chi connectivity index (χ1) is 10.9. The van der Waals surface area contributed by atoms with E-state index in [1.165, 1.54) is 70.6 Å². The number of unbranched alkanes of at least 4 members (excludes halogenated alkanes) is 10. The Morgan fingerprint density at radius 3 is 1.14 bits per heavy atom. The smallest absolute Gasteiger partial charge is 0.0588 e.